The third-order valence-corrected chi connectivity index (χ3v) is 2.45. The van der Waals surface area contributed by atoms with Gasteiger partial charge in [-0.15, -0.1) is 0 Å². The van der Waals surface area contributed by atoms with E-state index in [1.54, 1.807) is 18.2 Å². The Morgan fingerprint density at radius 1 is 1.30 bits per heavy atom. The van der Waals surface area contributed by atoms with Gasteiger partial charge in [-0.3, -0.25) is 4.79 Å². The van der Waals surface area contributed by atoms with E-state index in [-0.39, 0.29) is 18.5 Å². The number of carbonyl (C=O) groups is 3. The van der Waals surface area contributed by atoms with Crippen LogP contribution in [0.25, 0.3) is 0 Å². The van der Waals surface area contributed by atoms with Crippen LogP contribution in [0.15, 0.2) is 18.2 Å². The van der Waals surface area contributed by atoms with Crippen molar-refractivity contribution in [2.24, 2.45) is 0 Å². The molecule has 2 amide bonds. The van der Waals surface area contributed by atoms with Crippen molar-refractivity contribution in [1.82, 2.24) is 5.32 Å². The molecule has 7 nitrogen and oxygen atoms in total. The highest BCUT2D eigenvalue weighted by atomic mass is 16.5. The summed E-state index contributed by atoms with van der Waals surface area (Å²) in [6.45, 7) is 1.81. The SMILES string of the molecule is COC(=O)c1cc(C)ccc1NC(=O)NCCC(=O)O. The number of carbonyl (C=O) groups excluding carboxylic acids is 2. The molecule has 0 aliphatic heterocycles. The van der Waals surface area contributed by atoms with E-state index in [0.717, 1.165) is 5.56 Å². The average Bonchev–Trinajstić information content (AvgIpc) is 2.39. The lowest BCUT2D eigenvalue weighted by atomic mass is 10.1. The van der Waals surface area contributed by atoms with Crippen molar-refractivity contribution in [2.75, 3.05) is 19.0 Å². The first-order valence-corrected chi connectivity index (χ1v) is 5.89. The van der Waals surface area contributed by atoms with E-state index in [9.17, 15) is 14.4 Å². The third-order valence-electron chi connectivity index (χ3n) is 2.45. The van der Waals surface area contributed by atoms with E-state index < -0.39 is 18.0 Å². The van der Waals surface area contributed by atoms with Crippen molar-refractivity contribution in [2.45, 2.75) is 13.3 Å². The van der Waals surface area contributed by atoms with Gasteiger partial charge in [0.25, 0.3) is 0 Å². The Morgan fingerprint density at radius 2 is 2.00 bits per heavy atom. The smallest absolute Gasteiger partial charge is 0.339 e. The van der Waals surface area contributed by atoms with Crippen LogP contribution in [0.2, 0.25) is 0 Å². The first kappa shape index (κ1) is 15.5. The Kier molecular flexibility index (Phi) is 5.52. The summed E-state index contributed by atoms with van der Waals surface area (Å²) in [5, 5.41) is 13.3. The summed E-state index contributed by atoms with van der Waals surface area (Å²) < 4.78 is 4.64. The number of urea groups is 1. The maximum absolute atomic E-state index is 11.6. The van der Waals surface area contributed by atoms with Gasteiger partial charge >= 0.3 is 18.0 Å². The number of amides is 2. The summed E-state index contributed by atoms with van der Waals surface area (Å²) >= 11 is 0. The molecule has 108 valence electrons. The largest absolute Gasteiger partial charge is 0.481 e. The van der Waals surface area contributed by atoms with Gasteiger partial charge in [-0.05, 0) is 19.1 Å². The molecule has 0 radical (unpaired) electrons. The number of carboxylic acid groups (broad SMARTS) is 1. The number of carboxylic acids is 1. The molecule has 0 spiro atoms. The van der Waals surface area contributed by atoms with Crippen LogP contribution >= 0.6 is 0 Å². The van der Waals surface area contributed by atoms with Crippen LogP contribution in [0.4, 0.5) is 10.5 Å². The number of anilines is 1. The lowest BCUT2D eigenvalue weighted by Crippen LogP contribution is -2.31. The monoisotopic (exact) mass is 280 g/mol. The first-order valence-electron chi connectivity index (χ1n) is 5.89. The number of benzene rings is 1. The minimum absolute atomic E-state index is 0.000581. The molecule has 0 fully saturated rings. The molecule has 0 aliphatic rings. The second-order valence-corrected chi connectivity index (χ2v) is 4.07. The second-order valence-electron chi connectivity index (χ2n) is 4.07. The van der Waals surface area contributed by atoms with E-state index >= 15 is 0 Å². The number of hydrogen-bond donors (Lipinski definition) is 3. The highest BCUT2D eigenvalue weighted by molar-refractivity contribution is 6.01. The predicted molar refractivity (Wildman–Crippen MR) is 71.8 cm³/mol. The number of ether oxygens (including phenoxy) is 1. The van der Waals surface area contributed by atoms with E-state index in [1.165, 1.54) is 7.11 Å². The molecule has 3 N–H and O–H groups in total. The Labute approximate surface area is 115 Å². The van der Waals surface area contributed by atoms with Gasteiger partial charge in [-0.25, -0.2) is 9.59 Å². The number of methoxy groups -OCH3 is 1. The van der Waals surface area contributed by atoms with Gasteiger partial charge in [-0.2, -0.15) is 0 Å². The molecule has 20 heavy (non-hydrogen) atoms. The maximum Gasteiger partial charge on any atom is 0.339 e. The minimum atomic E-state index is -1.00. The number of nitrogens with one attached hydrogen (secondary N) is 2. The van der Waals surface area contributed by atoms with Crippen molar-refractivity contribution < 1.29 is 24.2 Å². The summed E-state index contributed by atoms with van der Waals surface area (Å²) in [6, 6.07) is 4.33. The van der Waals surface area contributed by atoms with E-state index in [1.807, 2.05) is 6.92 Å². The molecule has 1 aromatic rings. The van der Waals surface area contributed by atoms with Gasteiger partial charge in [0.2, 0.25) is 0 Å². The van der Waals surface area contributed by atoms with Crippen molar-refractivity contribution >= 4 is 23.7 Å². The Hall–Kier alpha value is -2.57. The molecule has 0 saturated carbocycles. The standard InChI is InChI=1S/C13H16N2O5/c1-8-3-4-10(9(7-8)12(18)20-2)15-13(19)14-6-5-11(16)17/h3-4,7H,5-6H2,1-2H3,(H,16,17)(H2,14,15,19). The van der Waals surface area contributed by atoms with Crippen LogP contribution in [0.3, 0.4) is 0 Å². The summed E-state index contributed by atoms with van der Waals surface area (Å²) in [4.78, 5) is 33.5. The van der Waals surface area contributed by atoms with Gasteiger partial charge in [0, 0.05) is 6.54 Å². The van der Waals surface area contributed by atoms with Gasteiger partial charge in [0.15, 0.2) is 0 Å². The Morgan fingerprint density at radius 3 is 2.60 bits per heavy atom. The number of esters is 1. The molecular weight excluding hydrogens is 264 g/mol. The quantitative estimate of drug-likeness (QED) is 0.707. The zero-order valence-corrected chi connectivity index (χ0v) is 11.2. The first-order chi connectivity index (χ1) is 9.43. The molecule has 0 aromatic heterocycles. The molecule has 0 heterocycles. The van der Waals surface area contributed by atoms with Gasteiger partial charge < -0.3 is 20.5 Å². The highest BCUT2D eigenvalue weighted by Crippen LogP contribution is 2.18. The molecule has 0 aliphatic carbocycles. The summed E-state index contributed by atoms with van der Waals surface area (Å²) in [5.41, 5.74) is 1.39. The summed E-state index contributed by atoms with van der Waals surface area (Å²) in [6.07, 6.45) is -0.175. The number of aliphatic carboxylic acids is 1. The Balaban J connectivity index is 2.74. The number of rotatable bonds is 5. The van der Waals surface area contributed by atoms with E-state index in [4.69, 9.17) is 5.11 Å². The average molecular weight is 280 g/mol. The fourth-order valence-electron chi connectivity index (χ4n) is 1.50. The van der Waals surface area contributed by atoms with Crippen LogP contribution in [0.5, 0.6) is 0 Å². The van der Waals surface area contributed by atoms with Crippen LogP contribution < -0.4 is 10.6 Å². The zero-order chi connectivity index (χ0) is 15.1. The fourth-order valence-corrected chi connectivity index (χ4v) is 1.50. The second kappa shape index (κ2) is 7.13. The van der Waals surface area contributed by atoms with Crippen molar-refractivity contribution in [1.29, 1.82) is 0 Å². The molecule has 0 bridgehead atoms. The number of hydrogen-bond acceptors (Lipinski definition) is 4. The minimum Gasteiger partial charge on any atom is -0.481 e. The lowest BCUT2D eigenvalue weighted by Gasteiger charge is -2.11. The molecule has 0 atom stereocenters. The van der Waals surface area contributed by atoms with Crippen molar-refractivity contribution in [3.63, 3.8) is 0 Å². The van der Waals surface area contributed by atoms with Crippen molar-refractivity contribution in [3.05, 3.63) is 29.3 Å². The summed E-state index contributed by atoms with van der Waals surface area (Å²) in [5.74, 6) is -1.56. The third kappa shape index (κ3) is 4.60. The zero-order valence-electron chi connectivity index (χ0n) is 11.2. The molecule has 7 heteroatoms. The molecule has 1 aromatic carbocycles. The van der Waals surface area contributed by atoms with Crippen LogP contribution in [0.1, 0.15) is 22.3 Å². The molecular formula is C13H16N2O5. The number of aryl methyl sites for hydroxylation is 1. The molecule has 1 rings (SSSR count). The highest BCUT2D eigenvalue weighted by Gasteiger charge is 2.14. The van der Waals surface area contributed by atoms with Crippen LogP contribution in [0, 0.1) is 6.92 Å². The molecule has 0 saturated heterocycles. The van der Waals surface area contributed by atoms with Gasteiger partial charge in [0.1, 0.15) is 0 Å². The summed E-state index contributed by atoms with van der Waals surface area (Å²) in [7, 11) is 1.25. The van der Waals surface area contributed by atoms with Gasteiger partial charge in [0.05, 0.1) is 24.8 Å². The maximum atomic E-state index is 11.6. The van der Waals surface area contributed by atoms with Crippen LogP contribution in [-0.2, 0) is 9.53 Å². The fraction of sp³-hybridized carbons (Fsp3) is 0.308. The lowest BCUT2D eigenvalue weighted by molar-refractivity contribution is -0.136. The predicted octanol–water partition coefficient (Wildman–Crippen LogP) is 1.38. The Bertz CT molecular complexity index is 527. The van der Waals surface area contributed by atoms with Crippen molar-refractivity contribution in [3.8, 4) is 0 Å². The van der Waals surface area contributed by atoms with E-state index in [2.05, 4.69) is 15.4 Å². The van der Waals surface area contributed by atoms with Crippen LogP contribution in [-0.4, -0.2) is 36.7 Å². The normalized spacial score (nSPS) is 9.70. The van der Waals surface area contributed by atoms with E-state index in [0.29, 0.717) is 5.69 Å². The topological polar surface area (TPSA) is 105 Å². The van der Waals surface area contributed by atoms with Gasteiger partial charge in [-0.1, -0.05) is 11.6 Å². The molecule has 0 unspecified atom stereocenters.